The molecule has 0 aliphatic heterocycles. The minimum absolute atomic E-state index is 0.0688. The SMILES string of the molecule is C[C@H](C(=O)N(C)C)[C@H](O)c1ccc2ccccc2c1. The summed E-state index contributed by atoms with van der Waals surface area (Å²) in [6, 6.07) is 13.8. The average molecular weight is 257 g/mol. The third-order valence-corrected chi connectivity index (χ3v) is 3.42. The molecule has 1 amide bonds. The van der Waals surface area contributed by atoms with E-state index in [0.717, 1.165) is 16.3 Å². The molecule has 100 valence electrons. The van der Waals surface area contributed by atoms with Gasteiger partial charge in [-0.25, -0.2) is 0 Å². The van der Waals surface area contributed by atoms with Crippen LogP contribution < -0.4 is 0 Å². The molecule has 2 rings (SSSR count). The van der Waals surface area contributed by atoms with Gasteiger partial charge in [-0.05, 0) is 22.4 Å². The van der Waals surface area contributed by atoms with Crippen molar-refractivity contribution in [2.24, 2.45) is 5.92 Å². The molecule has 1 N–H and O–H groups in total. The summed E-state index contributed by atoms with van der Waals surface area (Å²) in [4.78, 5) is 13.4. The Morgan fingerprint density at radius 1 is 1.11 bits per heavy atom. The van der Waals surface area contributed by atoms with Crippen LogP contribution in [0.3, 0.4) is 0 Å². The Bertz CT molecular complexity index is 592. The second kappa shape index (κ2) is 5.41. The Labute approximate surface area is 113 Å². The zero-order valence-corrected chi connectivity index (χ0v) is 11.5. The largest absolute Gasteiger partial charge is 0.388 e. The number of benzene rings is 2. The molecule has 2 aromatic rings. The Morgan fingerprint density at radius 3 is 2.37 bits per heavy atom. The van der Waals surface area contributed by atoms with Gasteiger partial charge < -0.3 is 10.0 Å². The number of aliphatic hydroxyl groups is 1. The minimum atomic E-state index is -0.778. The molecular formula is C16H19NO2. The summed E-state index contributed by atoms with van der Waals surface area (Å²) in [5.41, 5.74) is 0.779. The zero-order valence-electron chi connectivity index (χ0n) is 11.5. The van der Waals surface area contributed by atoms with Gasteiger partial charge in [0.25, 0.3) is 0 Å². The van der Waals surface area contributed by atoms with Crippen molar-refractivity contribution in [3.8, 4) is 0 Å². The quantitative estimate of drug-likeness (QED) is 0.918. The highest BCUT2D eigenvalue weighted by molar-refractivity contribution is 5.83. The fourth-order valence-electron chi connectivity index (χ4n) is 2.22. The van der Waals surface area contributed by atoms with Crippen molar-refractivity contribution >= 4 is 16.7 Å². The van der Waals surface area contributed by atoms with Crippen LogP contribution in [0.2, 0.25) is 0 Å². The normalized spacial score (nSPS) is 14.1. The van der Waals surface area contributed by atoms with E-state index in [1.54, 1.807) is 21.0 Å². The molecule has 0 saturated heterocycles. The molecule has 0 radical (unpaired) electrons. The smallest absolute Gasteiger partial charge is 0.227 e. The van der Waals surface area contributed by atoms with Gasteiger partial charge in [0.05, 0.1) is 12.0 Å². The molecule has 0 bridgehead atoms. The van der Waals surface area contributed by atoms with Crippen molar-refractivity contribution in [3.05, 3.63) is 48.0 Å². The van der Waals surface area contributed by atoms with E-state index >= 15 is 0 Å². The van der Waals surface area contributed by atoms with Crippen LogP contribution in [0.25, 0.3) is 10.8 Å². The highest BCUT2D eigenvalue weighted by atomic mass is 16.3. The second-order valence-corrected chi connectivity index (χ2v) is 5.07. The van der Waals surface area contributed by atoms with Crippen molar-refractivity contribution in [3.63, 3.8) is 0 Å². The van der Waals surface area contributed by atoms with E-state index in [-0.39, 0.29) is 5.91 Å². The predicted molar refractivity (Wildman–Crippen MR) is 76.8 cm³/mol. The first-order chi connectivity index (χ1) is 9.00. The Morgan fingerprint density at radius 2 is 1.74 bits per heavy atom. The van der Waals surface area contributed by atoms with Crippen LogP contribution in [0.4, 0.5) is 0 Å². The summed E-state index contributed by atoms with van der Waals surface area (Å²) < 4.78 is 0. The average Bonchev–Trinajstić information content (AvgIpc) is 2.44. The van der Waals surface area contributed by atoms with E-state index in [4.69, 9.17) is 0 Å². The van der Waals surface area contributed by atoms with Crippen LogP contribution >= 0.6 is 0 Å². The molecule has 0 aliphatic carbocycles. The molecule has 2 aromatic carbocycles. The van der Waals surface area contributed by atoms with Gasteiger partial charge in [0.1, 0.15) is 0 Å². The number of carbonyl (C=O) groups excluding carboxylic acids is 1. The number of fused-ring (bicyclic) bond motifs is 1. The van der Waals surface area contributed by atoms with Crippen molar-refractivity contribution in [1.82, 2.24) is 4.90 Å². The second-order valence-electron chi connectivity index (χ2n) is 5.07. The van der Waals surface area contributed by atoms with Crippen LogP contribution in [-0.2, 0) is 4.79 Å². The van der Waals surface area contributed by atoms with Gasteiger partial charge in [-0.3, -0.25) is 4.79 Å². The highest BCUT2D eigenvalue weighted by Crippen LogP contribution is 2.26. The molecule has 0 unspecified atom stereocenters. The summed E-state index contributed by atoms with van der Waals surface area (Å²) in [7, 11) is 3.40. The number of hydrogen-bond donors (Lipinski definition) is 1. The Balaban J connectivity index is 2.31. The van der Waals surface area contributed by atoms with E-state index in [1.165, 1.54) is 4.90 Å². The first kappa shape index (κ1) is 13.6. The fourth-order valence-corrected chi connectivity index (χ4v) is 2.22. The van der Waals surface area contributed by atoms with E-state index in [0.29, 0.717) is 0 Å². The van der Waals surface area contributed by atoms with E-state index in [1.807, 2.05) is 42.5 Å². The summed E-state index contributed by atoms with van der Waals surface area (Å²) in [5, 5.41) is 12.5. The predicted octanol–water partition coefficient (Wildman–Crippen LogP) is 2.60. The van der Waals surface area contributed by atoms with Crippen LogP contribution in [0.1, 0.15) is 18.6 Å². The standard InChI is InChI=1S/C16H19NO2/c1-11(16(19)17(2)3)15(18)14-9-8-12-6-4-5-7-13(12)10-14/h4-11,15,18H,1-3H3/t11-,15-/m0/s1. The number of nitrogens with zero attached hydrogens (tertiary/aromatic N) is 1. The van der Waals surface area contributed by atoms with Crippen molar-refractivity contribution < 1.29 is 9.90 Å². The molecule has 0 heterocycles. The van der Waals surface area contributed by atoms with Gasteiger partial charge >= 0.3 is 0 Å². The zero-order chi connectivity index (χ0) is 14.0. The van der Waals surface area contributed by atoms with E-state index in [9.17, 15) is 9.90 Å². The van der Waals surface area contributed by atoms with Crippen LogP contribution in [0, 0.1) is 5.92 Å². The van der Waals surface area contributed by atoms with Gasteiger partial charge in [-0.15, -0.1) is 0 Å². The maximum absolute atomic E-state index is 11.9. The lowest BCUT2D eigenvalue weighted by Gasteiger charge is -2.22. The Hall–Kier alpha value is -1.87. The lowest BCUT2D eigenvalue weighted by Crippen LogP contribution is -2.31. The molecule has 19 heavy (non-hydrogen) atoms. The topological polar surface area (TPSA) is 40.5 Å². The lowest BCUT2D eigenvalue weighted by molar-refractivity contribution is -0.136. The van der Waals surface area contributed by atoms with Gasteiger partial charge in [0.15, 0.2) is 0 Å². The van der Waals surface area contributed by atoms with Crippen LogP contribution in [-0.4, -0.2) is 30.0 Å². The van der Waals surface area contributed by atoms with Crippen molar-refractivity contribution in [1.29, 1.82) is 0 Å². The van der Waals surface area contributed by atoms with Crippen LogP contribution in [0.15, 0.2) is 42.5 Å². The molecule has 3 heteroatoms. The monoisotopic (exact) mass is 257 g/mol. The third-order valence-electron chi connectivity index (χ3n) is 3.42. The fraction of sp³-hybridized carbons (Fsp3) is 0.312. The minimum Gasteiger partial charge on any atom is -0.388 e. The summed E-state index contributed by atoms with van der Waals surface area (Å²) in [6.45, 7) is 1.75. The maximum Gasteiger partial charge on any atom is 0.227 e. The summed E-state index contributed by atoms with van der Waals surface area (Å²) in [6.07, 6.45) is -0.778. The number of rotatable bonds is 3. The van der Waals surface area contributed by atoms with Crippen molar-refractivity contribution in [2.75, 3.05) is 14.1 Å². The molecule has 3 nitrogen and oxygen atoms in total. The first-order valence-corrected chi connectivity index (χ1v) is 6.38. The lowest BCUT2D eigenvalue weighted by atomic mass is 9.94. The summed E-state index contributed by atoms with van der Waals surface area (Å²) in [5.74, 6) is -0.517. The molecule has 0 saturated carbocycles. The number of carbonyl (C=O) groups is 1. The molecule has 0 spiro atoms. The van der Waals surface area contributed by atoms with Crippen LogP contribution in [0.5, 0.6) is 0 Å². The Kier molecular flexibility index (Phi) is 3.86. The van der Waals surface area contributed by atoms with E-state index in [2.05, 4.69) is 0 Å². The number of hydrogen-bond acceptors (Lipinski definition) is 2. The molecule has 0 aliphatic rings. The number of aliphatic hydroxyl groups excluding tert-OH is 1. The molecule has 2 atom stereocenters. The first-order valence-electron chi connectivity index (χ1n) is 6.38. The van der Waals surface area contributed by atoms with Crippen molar-refractivity contribution in [2.45, 2.75) is 13.0 Å². The molecule has 0 fully saturated rings. The molecule has 0 aromatic heterocycles. The van der Waals surface area contributed by atoms with Gasteiger partial charge in [0.2, 0.25) is 5.91 Å². The number of amides is 1. The summed E-state index contributed by atoms with van der Waals surface area (Å²) >= 11 is 0. The van der Waals surface area contributed by atoms with Gasteiger partial charge in [-0.1, -0.05) is 43.3 Å². The third kappa shape index (κ3) is 2.76. The van der Waals surface area contributed by atoms with Gasteiger partial charge in [-0.2, -0.15) is 0 Å². The highest BCUT2D eigenvalue weighted by Gasteiger charge is 2.24. The van der Waals surface area contributed by atoms with Gasteiger partial charge in [0, 0.05) is 14.1 Å². The van der Waals surface area contributed by atoms with E-state index < -0.39 is 12.0 Å². The molecular weight excluding hydrogens is 238 g/mol. The maximum atomic E-state index is 11.9.